The molecule has 0 aliphatic heterocycles. The van der Waals surface area contributed by atoms with E-state index in [0.717, 1.165) is 5.92 Å². The van der Waals surface area contributed by atoms with Gasteiger partial charge in [-0.1, -0.05) is 131 Å². The van der Waals surface area contributed by atoms with Crippen LogP contribution in [0.25, 0.3) is 0 Å². The van der Waals surface area contributed by atoms with Gasteiger partial charge in [-0.2, -0.15) is 0 Å². The molecule has 0 bridgehead atoms. The first-order valence-corrected chi connectivity index (χ1v) is 10.9. The molecule has 0 nitrogen and oxygen atoms in total. The Balaban J connectivity index is 3.03. The van der Waals surface area contributed by atoms with E-state index in [1.54, 1.807) is 0 Å². The lowest BCUT2D eigenvalue weighted by Gasteiger charge is -2.17. The van der Waals surface area contributed by atoms with E-state index in [0.29, 0.717) is 5.41 Å². The van der Waals surface area contributed by atoms with Crippen LogP contribution in [0.4, 0.5) is 0 Å². The van der Waals surface area contributed by atoms with Crippen LogP contribution in [0.15, 0.2) is 0 Å². The number of rotatable bonds is 16. The smallest absolute Gasteiger partial charge is 0.0383 e. The first kappa shape index (κ1) is 23.0. The van der Waals surface area contributed by atoms with E-state index in [9.17, 15) is 0 Å². The van der Waals surface area contributed by atoms with Crippen LogP contribution in [0, 0.1) is 11.3 Å². The topological polar surface area (TPSA) is 0 Å². The van der Waals surface area contributed by atoms with Crippen molar-refractivity contribution in [2.75, 3.05) is 0 Å². The van der Waals surface area contributed by atoms with E-state index < -0.39 is 0 Å². The maximum absolute atomic E-state index is 2.36. The van der Waals surface area contributed by atoms with Crippen LogP contribution in [0.2, 0.25) is 0 Å². The predicted molar refractivity (Wildman–Crippen MR) is 108 cm³/mol. The standard InChI is InChI=1S/C23H48/c1-22(2)20-18-16-14-12-10-8-6-7-9-11-13-15-17-19-21-23(3,4)5/h22H,6-21H2,1-5H3. The molecule has 0 amide bonds. The molecular formula is C23H48. The maximum atomic E-state index is 2.36. The number of unbranched alkanes of at least 4 members (excludes halogenated alkanes) is 13. The molecular weight excluding hydrogens is 276 g/mol. The second kappa shape index (κ2) is 15.5. The molecule has 0 spiro atoms. The monoisotopic (exact) mass is 324 g/mol. The van der Waals surface area contributed by atoms with Crippen LogP contribution in [0.3, 0.4) is 0 Å². The molecule has 23 heavy (non-hydrogen) atoms. The summed E-state index contributed by atoms with van der Waals surface area (Å²) in [7, 11) is 0. The summed E-state index contributed by atoms with van der Waals surface area (Å²) in [6.07, 6.45) is 23.4. The molecule has 0 fully saturated rings. The van der Waals surface area contributed by atoms with E-state index in [-0.39, 0.29) is 0 Å². The third-order valence-corrected chi connectivity index (χ3v) is 4.96. The summed E-state index contributed by atoms with van der Waals surface area (Å²) in [4.78, 5) is 0. The van der Waals surface area contributed by atoms with Gasteiger partial charge in [-0.3, -0.25) is 0 Å². The van der Waals surface area contributed by atoms with E-state index in [1.165, 1.54) is 103 Å². The average Bonchev–Trinajstić information content (AvgIpc) is 2.45. The van der Waals surface area contributed by atoms with Gasteiger partial charge in [-0.05, 0) is 17.8 Å². The Kier molecular flexibility index (Phi) is 15.5. The number of hydrogen-bond acceptors (Lipinski definition) is 0. The molecule has 0 aromatic carbocycles. The predicted octanol–water partition coefficient (Wildman–Crippen LogP) is 8.93. The zero-order chi connectivity index (χ0) is 17.4. The molecule has 0 aromatic heterocycles. The van der Waals surface area contributed by atoms with Crippen molar-refractivity contribution in [2.45, 2.75) is 137 Å². The van der Waals surface area contributed by atoms with Gasteiger partial charge in [0.15, 0.2) is 0 Å². The molecule has 0 heterocycles. The molecule has 0 saturated heterocycles. The van der Waals surface area contributed by atoms with Gasteiger partial charge in [0, 0.05) is 0 Å². The van der Waals surface area contributed by atoms with Gasteiger partial charge in [0.05, 0.1) is 0 Å². The summed E-state index contributed by atoms with van der Waals surface area (Å²) < 4.78 is 0. The first-order valence-electron chi connectivity index (χ1n) is 10.9. The summed E-state index contributed by atoms with van der Waals surface area (Å²) in [6.45, 7) is 11.8. The third kappa shape index (κ3) is 22.0. The summed E-state index contributed by atoms with van der Waals surface area (Å²) >= 11 is 0. The summed E-state index contributed by atoms with van der Waals surface area (Å²) in [5.74, 6) is 0.897. The van der Waals surface area contributed by atoms with Gasteiger partial charge < -0.3 is 0 Å². The molecule has 0 rings (SSSR count). The molecule has 0 saturated carbocycles. The Labute approximate surface area is 149 Å². The molecule has 0 aromatic rings. The second-order valence-corrected chi connectivity index (χ2v) is 9.44. The van der Waals surface area contributed by atoms with Crippen LogP contribution in [-0.4, -0.2) is 0 Å². The van der Waals surface area contributed by atoms with Crippen molar-refractivity contribution in [1.29, 1.82) is 0 Å². The van der Waals surface area contributed by atoms with Crippen molar-refractivity contribution in [3.05, 3.63) is 0 Å². The van der Waals surface area contributed by atoms with Gasteiger partial charge in [0.25, 0.3) is 0 Å². The summed E-state index contributed by atoms with van der Waals surface area (Å²) in [5.41, 5.74) is 0.536. The molecule has 0 aliphatic carbocycles. The molecule has 0 aliphatic rings. The van der Waals surface area contributed by atoms with Crippen molar-refractivity contribution in [3.8, 4) is 0 Å². The highest BCUT2D eigenvalue weighted by molar-refractivity contribution is 4.61. The van der Waals surface area contributed by atoms with Crippen molar-refractivity contribution in [3.63, 3.8) is 0 Å². The van der Waals surface area contributed by atoms with Crippen LogP contribution in [-0.2, 0) is 0 Å². The van der Waals surface area contributed by atoms with Gasteiger partial charge in [0.1, 0.15) is 0 Å². The van der Waals surface area contributed by atoms with Gasteiger partial charge in [-0.25, -0.2) is 0 Å². The Hall–Kier alpha value is 0. The maximum Gasteiger partial charge on any atom is -0.0383 e. The Morgan fingerprint density at radius 1 is 0.478 bits per heavy atom. The minimum Gasteiger partial charge on any atom is -0.0628 e. The Morgan fingerprint density at radius 3 is 1.09 bits per heavy atom. The average molecular weight is 325 g/mol. The van der Waals surface area contributed by atoms with Crippen LogP contribution in [0.1, 0.15) is 137 Å². The molecule has 0 atom stereocenters. The van der Waals surface area contributed by atoms with Crippen LogP contribution >= 0.6 is 0 Å². The number of hydrogen-bond donors (Lipinski definition) is 0. The van der Waals surface area contributed by atoms with Crippen LogP contribution < -0.4 is 0 Å². The second-order valence-electron chi connectivity index (χ2n) is 9.44. The highest BCUT2D eigenvalue weighted by Crippen LogP contribution is 2.22. The SMILES string of the molecule is CC(C)CCCCCCCCCCCCCCCCC(C)(C)C. The fourth-order valence-corrected chi connectivity index (χ4v) is 3.33. The normalized spacial score (nSPS) is 12.3. The van der Waals surface area contributed by atoms with Crippen molar-refractivity contribution in [2.24, 2.45) is 11.3 Å². The summed E-state index contributed by atoms with van der Waals surface area (Å²) in [6, 6.07) is 0. The van der Waals surface area contributed by atoms with Crippen molar-refractivity contribution >= 4 is 0 Å². The van der Waals surface area contributed by atoms with Gasteiger partial charge >= 0.3 is 0 Å². The third-order valence-electron chi connectivity index (χ3n) is 4.96. The van der Waals surface area contributed by atoms with E-state index in [1.807, 2.05) is 0 Å². The van der Waals surface area contributed by atoms with E-state index in [4.69, 9.17) is 0 Å². The largest absolute Gasteiger partial charge is 0.0628 e. The first-order chi connectivity index (χ1) is 10.9. The molecule has 0 radical (unpaired) electrons. The minimum absolute atomic E-state index is 0.536. The van der Waals surface area contributed by atoms with E-state index in [2.05, 4.69) is 34.6 Å². The van der Waals surface area contributed by atoms with Crippen molar-refractivity contribution in [1.82, 2.24) is 0 Å². The fourth-order valence-electron chi connectivity index (χ4n) is 3.33. The molecule has 0 N–H and O–H groups in total. The molecule has 140 valence electrons. The molecule has 0 unspecified atom stereocenters. The van der Waals surface area contributed by atoms with E-state index >= 15 is 0 Å². The van der Waals surface area contributed by atoms with Crippen LogP contribution in [0.5, 0.6) is 0 Å². The van der Waals surface area contributed by atoms with Gasteiger partial charge in [-0.15, -0.1) is 0 Å². The zero-order valence-corrected chi connectivity index (χ0v) is 17.4. The Morgan fingerprint density at radius 2 is 0.783 bits per heavy atom. The lowest BCUT2D eigenvalue weighted by Crippen LogP contribution is -2.03. The highest BCUT2D eigenvalue weighted by Gasteiger charge is 2.08. The lowest BCUT2D eigenvalue weighted by atomic mass is 9.89. The van der Waals surface area contributed by atoms with Gasteiger partial charge in [0.2, 0.25) is 0 Å². The quantitative estimate of drug-likeness (QED) is 0.248. The zero-order valence-electron chi connectivity index (χ0n) is 17.4. The lowest BCUT2D eigenvalue weighted by molar-refractivity contribution is 0.356. The highest BCUT2D eigenvalue weighted by atomic mass is 14.1. The van der Waals surface area contributed by atoms with Crippen molar-refractivity contribution < 1.29 is 0 Å². The molecule has 0 heteroatoms. The summed E-state index contributed by atoms with van der Waals surface area (Å²) in [5, 5.41) is 0. The fraction of sp³-hybridized carbons (Fsp3) is 1.00. The Bertz CT molecular complexity index is 221. The minimum atomic E-state index is 0.536.